The second-order valence-electron chi connectivity index (χ2n) is 7.35. The molecule has 0 heterocycles. The predicted octanol–water partition coefficient (Wildman–Crippen LogP) is 7.32. The molecule has 0 unspecified atom stereocenters. The van der Waals surface area contributed by atoms with Gasteiger partial charge in [0.25, 0.3) is 0 Å². The molecule has 132 valence electrons. The molecule has 26 heavy (non-hydrogen) atoms. The van der Waals surface area contributed by atoms with Crippen LogP contribution in [0.15, 0.2) is 90.8 Å². The number of hydrogen-bond donors (Lipinski definition) is 0. The highest BCUT2D eigenvalue weighted by atomic mass is 19.1. The van der Waals surface area contributed by atoms with Gasteiger partial charge in [0, 0.05) is 5.41 Å². The highest BCUT2D eigenvalue weighted by Gasteiger charge is 2.23. The number of aryl methyl sites for hydroxylation is 1. The summed E-state index contributed by atoms with van der Waals surface area (Å²) >= 11 is 0. The van der Waals surface area contributed by atoms with Crippen molar-refractivity contribution in [3.05, 3.63) is 102 Å². The molecule has 0 aliphatic heterocycles. The van der Waals surface area contributed by atoms with E-state index < -0.39 is 5.41 Å². The van der Waals surface area contributed by atoms with E-state index in [4.69, 9.17) is 0 Å². The number of rotatable bonds is 6. The third-order valence-corrected chi connectivity index (χ3v) is 4.84. The zero-order valence-electron chi connectivity index (χ0n) is 15.5. The van der Waals surface area contributed by atoms with Crippen LogP contribution in [0.3, 0.4) is 0 Å². The second kappa shape index (κ2) is 8.14. The molecule has 0 saturated heterocycles. The fraction of sp³-hybridized carbons (Fsp3) is 0.200. The highest BCUT2D eigenvalue weighted by molar-refractivity contribution is 5.65. The second-order valence-corrected chi connectivity index (χ2v) is 7.35. The molecule has 0 nitrogen and oxygen atoms in total. The van der Waals surface area contributed by atoms with E-state index in [0.717, 1.165) is 24.0 Å². The van der Waals surface area contributed by atoms with E-state index >= 15 is 0 Å². The molecule has 3 aromatic rings. The first kappa shape index (κ1) is 18.1. The number of allylic oxidation sites excluding steroid dienone is 1. The van der Waals surface area contributed by atoms with Crippen LogP contribution < -0.4 is 0 Å². The Labute approximate surface area is 156 Å². The molecule has 0 N–H and O–H groups in total. The van der Waals surface area contributed by atoms with Crippen LogP contribution in [0.25, 0.3) is 17.2 Å². The molecule has 0 amide bonds. The molecule has 3 aromatic carbocycles. The fourth-order valence-electron chi connectivity index (χ4n) is 2.97. The Morgan fingerprint density at radius 1 is 0.769 bits per heavy atom. The van der Waals surface area contributed by atoms with Crippen LogP contribution in [0.2, 0.25) is 0 Å². The number of halogens is 1. The van der Waals surface area contributed by atoms with Gasteiger partial charge in [-0.05, 0) is 41.2 Å². The third kappa shape index (κ3) is 4.70. The van der Waals surface area contributed by atoms with E-state index in [9.17, 15) is 4.39 Å². The van der Waals surface area contributed by atoms with Crippen molar-refractivity contribution in [3.63, 3.8) is 0 Å². The summed E-state index contributed by atoms with van der Waals surface area (Å²) in [6, 6.07) is 28.5. The lowest BCUT2D eigenvalue weighted by Gasteiger charge is -2.23. The van der Waals surface area contributed by atoms with Gasteiger partial charge in [0.2, 0.25) is 0 Å². The summed E-state index contributed by atoms with van der Waals surface area (Å²) in [4.78, 5) is 0. The van der Waals surface area contributed by atoms with Gasteiger partial charge in [-0.15, -0.1) is 0 Å². The van der Waals surface area contributed by atoms with Gasteiger partial charge in [0.15, 0.2) is 0 Å². The maximum Gasteiger partial charge on any atom is 0.106 e. The topological polar surface area (TPSA) is 0 Å². The first-order valence-electron chi connectivity index (χ1n) is 9.12. The zero-order chi connectivity index (χ0) is 18.4. The van der Waals surface area contributed by atoms with Crippen LogP contribution in [0.4, 0.5) is 4.39 Å². The molecule has 0 aliphatic carbocycles. The average Bonchev–Trinajstić information content (AvgIpc) is 2.68. The molecule has 3 rings (SSSR count). The molecular formula is C25H25F. The maximum absolute atomic E-state index is 14.9. The van der Waals surface area contributed by atoms with Crippen LogP contribution >= 0.6 is 0 Å². The average molecular weight is 344 g/mol. The minimum absolute atomic E-state index is 0.0686. The molecule has 1 heteroatoms. The van der Waals surface area contributed by atoms with Crippen molar-refractivity contribution < 1.29 is 4.39 Å². The Balaban J connectivity index is 1.69. The lowest BCUT2D eigenvalue weighted by atomic mass is 9.84. The van der Waals surface area contributed by atoms with E-state index in [1.165, 1.54) is 11.1 Å². The molecule has 0 radical (unpaired) electrons. The van der Waals surface area contributed by atoms with Crippen molar-refractivity contribution >= 4 is 6.08 Å². The standard InChI is InChI=1S/C25H25F/c1-25(2,18-17-20-9-5-3-6-10-20)24(26)19-21-13-15-23(16-14-21)22-11-7-4-8-12-22/h3-16,19H,17-18H2,1-2H3/b24-19+. The van der Waals surface area contributed by atoms with Gasteiger partial charge >= 0.3 is 0 Å². The van der Waals surface area contributed by atoms with E-state index in [2.05, 4.69) is 24.3 Å². The zero-order valence-corrected chi connectivity index (χ0v) is 15.5. The van der Waals surface area contributed by atoms with Gasteiger partial charge in [0.1, 0.15) is 5.83 Å². The van der Waals surface area contributed by atoms with E-state index in [1.807, 2.05) is 74.5 Å². The van der Waals surface area contributed by atoms with Gasteiger partial charge in [0.05, 0.1) is 0 Å². The fourth-order valence-corrected chi connectivity index (χ4v) is 2.97. The molecule has 0 spiro atoms. The summed E-state index contributed by atoms with van der Waals surface area (Å²) in [7, 11) is 0. The monoisotopic (exact) mass is 344 g/mol. The molecule has 0 aromatic heterocycles. The van der Waals surface area contributed by atoms with Crippen LogP contribution in [-0.4, -0.2) is 0 Å². The van der Waals surface area contributed by atoms with E-state index in [1.54, 1.807) is 6.08 Å². The lowest BCUT2D eigenvalue weighted by Crippen LogP contribution is -2.13. The molecule has 0 saturated carbocycles. The summed E-state index contributed by atoms with van der Waals surface area (Å²) in [6.45, 7) is 3.94. The van der Waals surface area contributed by atoms with E-state index in [0.29, 0.717) is 0 Å². The van der Waals surface area contributed by atoms with Crippen molar-refractivity contribution in [1.29, 1.82) is 0 Å². The van der Waals surface area contributed by atoms with Gasteiger partial charge in [-0.1, -0.05) is 98.8 Å². The smallest absolute Gasteiger partial charge is 0.106 e. The summed E-state index contributed by atoms with van der Waals surface area (Å²) in [5, 5.41) is 0. The summed E-state index contributed by atoms with van der Waals surface area (Å²) in [5.74, 6) is -0.0686. The first-order valence-corrected chi connectivity index (χ1v) is 9.12. The normalized spacial score (nSPS) is 12.2. The number of hydrogen-bond acceptors (Lipinski definition) is 0. The predicted molar refractivity (Wildman–Crippen MR) is 110 cm³/mol. The Bertz CT molecular complexity index is 844. The van der Waals surface area contributed by atoms with Crippen molar-refractivity contribution in [2.45, 2.75) is 26.7 Å². The summed E-state index contributed by atoms with van der Waals surface area (Å²) < 4.78 is 14.9. The Kier molecular flexibility index (Phi) is 5.68. The molecule has 0 fully saturated rings. The van der Waals surface area contributed by atoms with Crippen LogP contribution in [-0.2, 0) is 6.42 Å². The van der Waals surface area contributed by atoms with Gasteiger partial charge in [-0.3, -0.25) is 0 Å². The minimum Gasteiger partial charge on any atom is -0.211 e. The molecule has 0 atom stereocenters. The maximum atomic E-state index is 14.9. The van der Waals surface area contributed by atoms with Crippen LogP contribution in [0.5, 0.6) is 0 Å². The lowest BCUT2D eigenvalue weighted by molar-refractivity contribution is 0.329. The van der Waals surface area contributed by atoms with Crippen LogP contribution in [0.1, 0.15) is 31.4 Å². The minimum atomic E-state index is -0.478. The van der Waals surface area contributed by atoms with Gasteiger partial charge in [-0.2, -0.15) is 0 Å². The van der Waals surface area contributed by atoms with Crippen molar-refractivity contribution in [2.24, 2.45) is 5.41 Å². The Morgan fingerprint density at radius 3 is 1.92 bits per heavy atom. The van der Waals surface area contributed by atoms with Gasteiger partial charge in [-0.25, -0.2) is 4.39 Å². The third-order valence-electron chi connectivity index (χ3n) is 4.84. The number of benzene rings is 3. The summed E-state index contributed by atoms with van der Waals surface area (Å²) in [6.07, 6.45) is 3.32. The molecular weight excluding hydrogens is 319 g/mol. The quantitative estimate of drug-likeness (QED) is 0.439. The summed E-state index contributed by atoms with van der Waals surface area (Å²) in [5.41, 5.74) is 3.99. The first-order chi connectivity index (χ1) is 12.5. The molecule has 0 bridgehead atoms. The SMILES string of the molecule is CC(C)(CCc1ccccc1)/C(F)=C\c1ccc(-c2ccccc2)cc1. The van der Waals surface area contributed by atoms with E-state index in [-0.39, 0.29) is 5.83 Å². The molecule has 0 aliphatic rings. The van der Waals surface area contributed by atoms with Crippen molar-refractivity contribution in [3.8, 4) is 11.1 Å². The Morgan fingerprint density at radius 2 is 1.31 bits per heavy atom. The highest BCUT2D eigenvalue weighted by Crippen LogP contribution is 2.34. The largest absolute Gasteiger partial charge is 0.211 e. The van der Waals surface area contributed by atoms with Crippen molar-refractivity contribution in [1.82, 2.24) is 0 Å². The Hall–Kier alpha value is -2.67. The van der Waals surface area contributed by atoms with Crippen molar-refractivity contribution in [2.75, 3.05) is 0 Å². The van der Waals surface area contributed by atoms with Crippen LogP contribution in [0, 0.1) is 5.41 Å². The van der Waals surface area contributed by atoms with Gasteiger partial charge < -0.3 is 0 Å².